The fourth-order valence-corrected chi connectivity index (χ4v) is 2.63. The van der Waals surface area contributed by atoms with E-state index in [4.69, 9.17) is 4.74 Å². The second-order valence-corrected chi connectivity index (χ2v) is 5.46. The van der Waals surface area contributed by atoms with Crippen LogP contribution in [0.3, 0.4) is 0 Å². The molecular weight excluding hydrogens is 280 g/mol. The molecule has 1 aromatic carbocycles. The van der Waals surface area contributed by atoms with Gasteiger partial charge < -0.3 is 15.0 Å². The van der Waals surface area contributed by atoms with Gasteiger partial charge in [0.05, 0.1) is 0 Å². The molecule has 22 heavy (non-hydrogen) atoms. The predicted octanol–water partition coefficient (Wildman–Crippen LogP) is 2.69. The van der Waals surface area contributed by atoms with Crippen molar-refractivity contribution < 1.29 is 14.3 Å². The van der Waals surface area contributed by atoms with Gasteiger partial charge in [0.15, 0.2) is 6.10 Å². The highest BCUT2D eigenvalue weighted by atomic mass is 16.5. The first-order valence-corrected chi connectivity index (χ1v) is 7.40. The quantitative estimate of drug-likeness (QED) is 0.853. The van der Waals surface area contributed by atoms with Gasteiger partial charge >= 0.3 is 5.97 Å². The summed E-state index contributed by atoms with van der Waals surface area (Å²) in [6.07, 6.45) is 4.09. The largest absolute Gasteiger partial charge is 0.448 e. The summed E-state index contributed by atoms with van der Waals surface area (Å²) in [5.41, 5.74) is 3.71. The van der Waals surface area contributed by atoms with Crippen LogP contribution in [0.1, 0.15) is 35.0 Å². The van der Waals surface area contributed by atoms with Crippen molar-refractivity contribution in [3.8, 4) is 0 Å². The average Bonchev–Trinajstić information content (AvgIpc) is 3.18. The van der Waals surface area contributed by atoms with Crippen LogP contribution in [0.4, 0.5) is 5.69 Å². The van der Waals surface area contributed by atoms with Crippen molar-refractivity contribution in [1.82, 2.24) is 4.98 Å². The molecule has 5 nitrogen and oxygen atoms in total. The number of carbonyl (C=O) groups is 2. The van der Waals surface area contributed by atoms with E-state index in [9.17, 15) is 9.59 Å². The lowest BCUT2D eigenvalue weighted by atomic mass is 10.1. The first-order chi connectivity index (χ1) is 10.6. The Bertz CT molecular complexity index is 692. The van der Waals surface area contributed by atoms with Gasteiger partial charge in [-0.3, -0.25) is 4.79 Å². The standard InChI is InChI=1S/C17H18N2O3/c1-11(22-17(21)15-6-3-9-18-15)16(20)19-14-8-7-12-4-2-5-13(12)10-14/h3,6-11,18H,2,4-5H2,1H3,(H,19,20)/t11-/m1/s1. The van der Waals surface area contributed by atoms with Crippen LogP contribution in [-0.2, 0) is 22.4 Å². The van der Waals surface area contributed by atoms with Crippen LogP contribution in [0, 0.1) is 0 Å². The molecule has 0 saturated carbocycles. The number of anilines is 1. The van der Waals surface area contributed by atoms with Crippen molar-refractivity contribution in [2.75, 3.05) is 5.32 Å². The van der Waals surface area contributed by atoms with Gasteiger partial charge in [0, 0.05) is 11.9 Å². The van der Waals surface area contributed by atoms with Gasteiger partial charge in [0.2, 0.25) is 0 Å². The third-order valence-electron chi connectivity index (χ3n) is 3.84. The molecule has 1 aromatic heterocycles. The molecule has 114 valence electrons. The number of aromatic amines is 1. The Hall–Kier alpha value is -2.56. The SMILES string of the molecule is C[C@@H](OC(=O)c1ccc[nH]1)C(=O)Nc1ccc2c(c1)CCC2. The highest BCUT2D eigenvalue weighted by molar-refractivity contribution is 5.96. The Balaban J connectivity index is 1.60. The summed E-state index contributed by atoms with van der Waals surface area (Å²) >= 11 is 0. The van der Waals surface area contributed by atoms with Gasteiger partial charge in [0.25, 0.3) is 5.91 Å². The number of amides is 1. The van der Waals surface area contributed by atoms with Crippen LogP contribution < -0.4 is 5.32 Å². The Kier molecular flexibility index (Phi) is 3.96. The zero-order valence-electron chi connectivity index (χ0n) is 12.4. The highest BCUT2D eigenvalue weighted by Gasteiger charge is 2.20. The van der Waals surface area contributed by atoms with Gasteiger partial charge in [-0.15, -0.1) is 0 Å². The molecule has 0 radical (unpaired) electrons. The molecule has 0 aliphatic heterocycles. The summed E-state index contributed by atoms with van der Waals surface area (Å²) < 4.78 is 5.14. The predicted molar refractivity (Wildman–Crippen MR) is 82.8 cm³/mol. The maximum absolute atomic E-state index is 12.1. The molecule has 0 fully saturated rings. The first kappa shape index (κ1) is 14.4. The zero-order chi connectivity index (χ0) is 15.5. The molecular formula is C17H18N2O3. The van der Waals surface area contributed by atoms with Crippen LogP contribution in [0.25, 0.3) is 0 Å². The number of rotatable bonds is 4. The molecule has 2 aromatic rings. The fourth-order valence-electron chi connectivity index (χ4n) is 2.63. The number of fused-ring (bicyclic) bond motifs is 1. The van der Waals surface area contributed by atoms with Gasteiger partial charge in [-0.1, -0.05) is 6.07 Å². The average molecular weight is 298 g/mol. The molecule has 5 heteroatoms. The second kappa shape index (κ2) is 6.05. The molecule has 1 amide bonds. The molecule has 1 aliphatic carbocycles. The number of hydrogen-bond acceptors (Lipinski definition) is 3. The third-order valence-corrected chi connectivity index (χ3v) is 3.84. The van der Waals surface area contributed by atoms with E-state index in [0.29, 0.717) is 5.69 Å². The van der Waals surface area contributed by atoms with E-state index in [1.165, 1.54) is 11.1 Å². The van der Waals surface area contributed by atoms with Crippen molar-refractivity contribution in [2.24, 2.45) is 0 Å². The van der Waals surface area contributed by atoms with E-state index in [0.717, 1.165) is 24.9 Å². The Morgan fingerprint density at radius 1 is 1.23 bits per heavy atom. The lowest BCUT2D eigenvalue weighted by molar-refractivity contribution is -0.123. The molecule has 1 atom stereocenters. The van der Waals surface area contributed by atoms with E-state index in [-0.39, 0.29) is 5.91 Å². The maximum atomic E-state index is 12.1. The van der Waals surface area contributed by atoms with Crippen LogP contribution in [0.5, 0.6) is 0 Å². The van der Waals surface area contributed by atoms with Gasteiger partial charge in [-0.05, 0) is 61.6 Å². The highest BCUT2D eigenvalue weighted by Crippen LogP contribution is 2.25. The monoisotopic (exact) mass is 298 g/mol. The number of hydrogen-bond donors (Lipinski definition) is 2. The molecule has 1 aliphatic rings. The summed E-state index contributed by atoms with van der Waals surface area (Å²) in [6, 6.07) is 9.24. The number of aryl methyl sites for hydroxylation is 2. The molecule has 2 N–H and O–H groups in total. The van der Waals surface area contributed by atoms with Crippen molar-refractivity contribution >= 4 is 17.6 Å². The second-order valence-electron chi connectivity index (χ2n) is 5.46. The lowest BCUT2D eigenvalue weighted by Gasteiger charge is -2.13. The Morgan fingerprint density at radius 2 is 2.05 bits per heavy atom. The van der Waals surface area contributed by atoms with E-state index in [1.807, 2.05) is 18.2 Å². The minimum absolute atomic E-state index is 0.331. The number of nitrogens with one attached hydrogen (secondary N) is 2. The number of ether oxygens (including phenoxy) is 1. The van der Waals surface area contributed by atoms with Crippen LogP contribution >= 0.6 is 0 Å². The minimum atomic E-state index is -0.857. The number of carbonyl (C=O) groups excluding carboxylic acids is 2. The molecule has 0 bridgehead atoms. The molecule has 0 unspecified atom stereocenters. The summed E-state index contributed by atoms with van der Waals surface area (Å²) in [4.78, 5) is 26.7. The number of H-pyrrole nitrogens is 1. The lowest BCUT2D eigenvalue weighted by Crippen LogP contribution is -2.30. The molecule has 0 spiro atoms. The Labute approximate surface area is 128 Å². The Morgan fingerprint density at radius 3 is 2.82 bits per heavy atom. The normalized spacial score (nSPS) is 14.2. The van der Waals surface area contributed by atoms with E-state index in [2.05, 4.69) is 10.3 Å². The van der Waals surface area contributed by atoms with Crippen molar-refractivity contribution in [1.29, 1.82) is 0 Å². The number of esters is 1. The number of benzene rings is 1. The number of aromatic nitrogens is 1. The van der Waals surface area contributed by atoms with E-state index >= 15 is 0 Å². The summed E-state index contributed by atoms with van der Waals surface area (Å²) in [5, 5.41) is 2.80. The summed E-state index contributed by atoms with van der Waals surface area (Å²) in [6.45, 7) is 1.56. The van der Waals surface area contributed by atoms with Crippen LogP contribution in [-0.4, -0.2) is 23.0 Å². The smallest absolute Gasteiger partial charge is 0.355 e. The van der Waals surface area contributed by atoms with Crippen molar-refractivity contribution in [3.05, 3.63) is 53.3 Å². The van der Waals surface area contributed by atoms with Gasteiger partial charge in [-0.25, -0.2) is 4.79 Å². The topological polar surface area (TPSA) is 71.2 Å². The molecule has 3 rings (SSSR count). The van der Waals surface area contributed by atoms with E-state index < -0.39 is 12.1 Å². The fraction of sp³-hybridized carbons (Fsp3) is 0.294. The first-order valence-electron chi connectivity index (χ1n) is 7.40. The minimum Gasteiger partial charge on any atom is -0.448 e. The van der Waals surface area contributed by atoms with Gasteiger partial charge in [0.1, 0.15) is 5.69 Å². The summed E-state index contributed by atoms with van der Waals surface area (Å²) in [5.74, 6) is -0.876. The van der Waals surface area contributed by atoms with Crippen molar-refractivity contribution in [3.63, 3.8) is 0 Å². The molecule has 1 heterocycles. The summed E-state index contributed by atoms with van der Waals surface area (Å²) in [7, 11) is 0. The molecule has 0 saturated heterocycles. The van der Waals surface area contributed by atoms with Crippen LogP contribution in [0.2, 0.25) is 0 Å². The third kappa shape index (κ3) is 3.03. The van der Waals surface area contributed by atoms with E-state index in [1.54, 1.807) is 25.3 Å². The van der Waals surface area contributed by atoms with Crippen LogP contribution in [0.15, 0.2) is 36.5 Å². The maximum Gasteiger partial charge on any atom is 0.355 e. The zero-order valence-corrected chi connectivity index (χ0v) is 12.4. The van der Waals surface area contributed by atoms with Crippen molar-refractivity contribution in [2.45, 2.75) is 32.3 Å². The van der Waals surface area contributed by atoms with Gasteiger partial charge in [-0.2, -0.15) is 0 Å².